The van der Waals surface area contributed by atoms with Crippen LogP contribution < -0.4 is 4.72 Å². The fraction of sp³-hybridized carbons (Fsp3) is 0.214. The number of nitrogens with zero attached hydrogens (tertiary/aromatic N) is 1. The maximum absolute atomic E-state index is 12.5. The van der Waals surface area contributed by atoms with Gasteiger partial charge in [-0.3, -0.25) is 0 Å². The summed E-state index contributed by atoms with van der Waals surface area (Å²) in [5.41, 5.74) is -0.0269. The molecule has 3 rings (SSSR count). The van der Waals surface area contributed by atoms with E-state index in [0.29, 0.717) is 5.56 Å². The lowest BCUT2D eigenvalue weighted by atomic mass is 10.2. The van der Waals surface area contributed by atoms with Crippen LogP contribution >= 0.6 is 27.3 Å². The van der Waals surface area contributed by atoms with E-state index >= 15 is 0 Å². The summed E-state index contributed by atoms with van der Waals surface area (Å²) in [5.74, 6) is 0. The number of hydrogen-bond donors (Lipinski definition) is 1. The summed E-state index contributed by atoms with van der Waals surface area (Å²) in [5, 5.41) is 8.76. The van der Waals surface area contributed by atoms with Crippen molar-refractivity contribution in [2.24, 2.45) is 0 Å². The lowest BCUT2D eigenvalue weighted by Crippen LogP contribution is -2.34. The maximum atomic E-state index is 12.5. The Hall–Kier alpha value is -1.20. The molecule has 0 aliphatic heterocycles. The van der Waals surface area contributed by atoms with Crippen LogP contribution in [0.25, 0.3) is 0 Å². The van der Waals surface area contributed by atoms with Crippen LogP contribution in [0.1, 0.15) is 23.3 Å². The third kappa shape index (κ3) is 2.90. The van der Waals surface area contributed by atoms with Gasteiger partial charge >= 0.3 is 0 Å². The first kappa shape index (κ1) is 14.7. The summed E-state index contributed by atoms with van der Waals surface area (Å²) in [6.07, 6.45) is 1.60. The number of hydrogen-bond acceptors (Lipinski definition) is 4. The van der Waals surface area contributed by atoms with Gasteiger partial charge in [-0.15, -0.1) is 11.3 Å². The van der Waals surface area contributed by atoms with Gasteiger partial charge in [0.2, 0.25) is 10.0 Å². The van der Waals surface area contributed by atoms with Crippen molar-refractivity contribution in [3.63, 3.8) is 0 Å². The Bertz CT molecular complexity index is 815. The Morgan fingerprint density at radius 1 is 1.19 bits per heavy atom. The van der Waals surface area contributed by atoms with Crippen molar-refractivity contribution < 1.29 is 8.42 Å². The first-order valence-electron chi connectivity index (χ1n) is 6.25. The number of sulfonamides is 1. The number of halogens is 1. The van der Waals surface area contributed by atoms with Gasteiger partial charge in [0.1, 0.15) is 0 Å². The fourth-order valence-corrected chi connectivity index (χ4v) is 5.21. The van der Waals surface area contributed by atoms with Crippen molar-refractivity contribution in [3.05, 3.63) is 50.6 Å². The molecule has 1 aromatic carbocycles. The molecule has 1 saturated carbocycles. The fourth-order valence-electron chi connectivity index (χ4n) is 2.12. The molecular weight excluding hydrogens is 372 g/mol. The normalized spacial score (nSPS) is 16.4. The number of thiophene rings is 1. The van der Waals surface area contributed by atoms with E-state index in [1.165, 1.54) is 24.3 Å². The zero-order chi connectivity index (χ0) is 15.1. The SMILES string of the molecule is N#Cc1ccc(S(=O)(=O)NC2(c3ccc(Br)s3)CC2)cc1. The van der Waals surface area contributed by atoms with Crippen molar-refractivity contribution in [1.29, 1.82) is 5.26 Å². The molecule has 2 aromatic rings. The molecule has 0 saturated heterocycles. The molecule has 108 valence electrons. The van der Waals surface area contributed by atoms with Crippen molar-refractivity contribution >= 4 is 37.3 Å². The molecule has 21 heavy (non-hydrogen) atoms. The highest BCUT2D eigenvalue weighted by Gasteiger charge is 2.48. The van der Waals surface area contributed by atoms with Crippen LogP contribution in [0.3, 0.4) is 0 Å². The van der Waals surface area contributed by atoms with Crippen LogP contribution in [0.4, 0.5) is 0 Å². The van der Waals surface area contributed by atoms with Crippen LogP contribution in [-0.4, -0.2) is 8.42 Å². The highest BCUT2D eigenvalue weighted by Crippen LogP contribution is 2.49. The topological polar surface area (TPSA) is 70.0 Å². The van der Waals surface area contributed by atoms with Gasteiger partial charge in [0.05, 0.1) is 25.9 Å². The Kier molecular flexibility index (Phi) is 3.66. The first-order valence-corrected chi connectivity index (χ1v) is 9.34. The van der Waals surface area contributed by atoms with Crippen LogP contribution in [0.5, 0.6) is 0 Å². The zero-order valence-corrected chi connectivity index (χ0v) is 14.1. The predicted octanol–water partition coefficient (Wildman–Crippen LogP) is 3.35. The zero-order valence-electron chi connectivity index (χ0n) is 10.8. The molecule has 4 nitrogen and oxygen atoms in total. The molecule has 1 N–H and O–H groups in total. The maximum Gasteiger partial charge on any atom is 0.241 e. The smallest absolute Gasteiger partial charge is 0.207 e. The number of nitriles is 1. The van der Waals surface area contributed by atoms with Crippen molar-refractivity contribution in [2.45, 2.75) is 23.3 Å². The van der Waals surface area contributed by atoms with E-state index in [-0.39, 0.29) is 4.90 Å². The minimum Gasteiger partial charge on any atom is -0.207 e. The van der Waals surface area contributed by atoms with E-state index in [9.17, 15) is 8.42 Å². The molecule has 7 heteroatoms. The Balaban J connectivity index is 1.88. The number of nitrogens with one attached hydrogen (secondary N) is 1. The lowest BCUT2D eigenvalue weighted by molar-refractivity contribution is 0.555. The molecule has 0 spiro atoms. The van der Waals surface area contributed by atoms with E-state index in [1.54, 1.807) is 11.3 Å². The summed E-state index contributed by atoms with van der Waals surface area (Å²) < 4.78 is 28.7. The average Bonchev–Trinajstić information content (AvgIpc) is 3.10. The predicted molar refractivity (Wildman–Crippen MR) is 84.4 cm³/mol. The number of benzene rings is 1. The van der Waals surface area contributed by atoms with Gasteiger partial charge in [0.25, 0.3) is 0 Å². The van der Waals surface area contributed by atoms with Gasteiger partial charge in [-0.2, -0.15) is 9.98 Å². The molecule has 1 aliphatic carbocycles. The minimum absolute atomic E-state index is 0.184. The van der Waals surface area contributed by atoms with Gasteiger partial charge < -0.3 is 0 Å². The van der Waals surface area contributed by atoms with Gasteiger partial charge in [-0.05, 0) is 65.2 Å². The van der Waals surface area contributed by atoms with E-state index in [1.807, 2.05) is 18.2 Å². The summed E-state index contributed by atoms with van der Waals surface area (Å²) in [6, 6.07) is 11.8. The largest absolute Gasteiger partial charge is 0.241 e. The highest BCUT2D eigenvalue weighted by atomic mass is 79.9. The molecule has 0 atom stereocenters. The third-order valence-electron chi connectivity index (χ3n) is 3.42. The third-order valence-corrected chi connectivity index (χ3v) is 6.80. The van der Waals surface area contributed by atoms with Gasteiger partial charge in [-0.25, -0.2) is 8.42 Å². The Labute approximate surface area is 135 Å². The van der Waals surface area contributed by atoms with Crippen molar-refractivity contribution in [2.75, 3.05) is 0 Å². The van der Waals surface area contributed by atoms with Crippen LogP contribution in [-0.2, 0) is 15.6 Å². The second-order valence-corrected chi connectivity index (χ2v) is 9.07. The molecule has 1 fully saturated rings. The summed E-state index contributed by atoms with van der Waals surface area (Å²) in [6.45, 7) is 0. The standard InChI is InChI=1S/C14H11BrN2O2S2/c15-13-6-5-12(20-13)14(7-8-14)17-21(18,19)11-3-1-10(9-16)2-4-11/h1-6,17H,7-8H2. The molecule has 0 bridgehead atoms. The van der Waals surface area contributed by atoms with E-state index < -0.39 is 15.6 Å². The molecule has 1 heterocycles. The van der Waals surface area contributed by atoms with Gasteiger partial charge in [0.15, 0.2) is 0 Å². The van der Waals surface area contributed by atoms with E-state index in [0.717, 1.165) is 21.5 Å². The lowest BCUT2D eigenvalue weighted by Gasteiger charge is -2.16. The molecule has 0 radical (unpaired) electrons. The first-order chi connectivity index (χ1) is 9.95. The minimum atomic E-state index is -3.59. The quantitative estimate of drug-likeness (QED) is 0.880. The second kappa shape index (κ2) is 5.21. The molecule has 0 amide bonds. The Morgan fingerprint density at radius 2 is 1.86 bits per heavy atom. The molecule has 0 unspecified atom stereocenters. The van der Waals surface area contributed by atoms with Gasteiger partial charge in [-0.1, -0.05) is 0 Å². The van der Waals surface area contributed by atoms with Crippen molar-refractivity contribution in [3.8, 4) is 6.07 Å². The van der Waals surface area contributed by atoms with E-state index in [2.05, 4.69) is 20.7 Å². The van der Waals surface area contributed by atoms with Crippen LogP contribution in [0.2, 0.25) is 0 Å². The summed E-state index contributed by atoms with van der Waals surface area (Å²) >= 11 is 4.95. The molecule has 1 aliphatic rings. The molecule has 1 aromatic heterocycles. The average molecular weight is 383 g/mol. The molecular formula is C14H11BrN2O2S2. The summed E-state index contributed by atoms with van der Waals surface area (Å²) in [7, 11) is -3.59. The van der Waals surface area contributed by atoms with Crippen molar-refractivity contribution in [1.82, 2.24) is 4.72 Å². The van der Waals surface area contributed by atoms with E-state index in [4.69, 9.17) is 5.26 Å². The van der Waals surface area contributed by atoms with Crippen LogP contribution in [0.15, 0.2) is 45.1 Å². The Morgan fingerprint density at radius 3 is 2.33 bits per heavy atom. The monoisotopic (exact) mass is 382 g/mol. The van der Waals surface area contributed by atoms with Gasteiger partial charge in [0, 0.05) is 4.88 Å². The highest BCUT2D eigenvalue weighted by molar-refractivity contribution is 9.11. The summed E-state index contributed by atoms with van der Waals surface area (Å²) in [4.78, 5) is 1.20. The number of rotatable bonds is 4. The van der Waals surface area contributed by atoms with Crippen LogP contribution in [0, 0.1) is 11.3 Å². The second-order valence-electron chi connectivity index (χ2n) is 4.93.